The van der Waals surface area contributed by atoms with E-state index in [9.17, 15) is 0 Å². The zero-order valence-electron chi connectivity index (χ0n) is 9.78. The summed E-state index contributed by atoms with van der Waals surface area (Å²) in [5, 5.41) is 3.53. The van der Waals surface area contributed by atoms with Gasteiger partial charge in [0.05, 0.1) is 0 Å². The van der Waals surface area contributed by atoms with E-state index in [4.69, 9.17) is 0 Å². The Kier molecular flexibility index (Phi) is 2.71. The first-order valence-electron chi connectivity index (χ1n) is 6.46. The summed E-state index contributed by atoms with van der Waals surface area (Å²) in [5.74, 6) is 1.99. The second-order valence-corrected chi connectivity index (χ2v) is 5.64. The minimum Gasteiger partial charge on any atom is -0.316 e. The molecule has 0 aromatic carbocycles. The fourth-order valence-corrected chi connectivity index (χ4v) is 3.62. The van der Waals surface area contributed by atoms with Gasteiger partial charge in [0.15, 0.2) is 0 Å². The van der Waals surface area contributed by atoms with Gasteiger partial charge in [-0.1, -0.05) is 0 Å². The van der Waals surface area contributed by atoms with E-state index >= 15 is 0 Å². The number of nitrogens with zero attached hydrogens (tertiary/aromatic N) is 2. The van der Waals surface area contributed by atoms with Crippen molar-refractivity contribution < 1.29 is 0 Å². The molecule has 86 valence electrons. The number of likely N-dealkylation sites (N-methyl/N-ethyl adjacent to an activating group) is 1. The molecule has 0 radical (unpaired) electrons. The van der Waals surface area contributed by atoms with Crippen molar-refractivity contribution in [2.24, 2.45) is 11.8 Å². The van der Waals surface area contributed by atoms with Crippen LogP contribution in [0.5, 0.6) is 0 Å². The average Bonchev–Trinajstić information content (AvgIpc) is 2.78. The smallest absolute Gasteiger partial charge is 0.0113 e. The molecule has 3 rings (SSSR count). The SMILES string of the molecule is CN1CCN(C2C[C@H]3CNC[C@H]3C2)CC1. The van der Waals surface area contributed by atoms with Gasteiger partial charge < -0.3 is 10.2 Å². The van der Waals surface area contributed by atoms with E-state index in [1.165, 1.54) is 52.1 Å². The second-order valence-electron chi connectivity index (χ2n) is 5.64. The topological polar surface area (TPSA) is 18.5 Å². The molecule has 3 nitrogen and oxygen atoms in total. The largest absolute Gasteiger partial charge is 0.316 e. The number of piperazine rings is 1. The van der Waals surface area contributed by atoms with Crippen LogP contribution in [0.25, 0.3) is 0 Å². The van der Waals surface area contributed by atoms with Crippen LogP contribution < -0.4 is 5.32 Å². The molecule has 1 aliphatic carbocycles. The predicted molar refractivity (Wildman–Crippen MR) is 61.9 cm³/mol. The van der Waals surface area contributed by atoms with Crippen molar-refractivity contribution in [3.8, 4) is 0 Å². The van der Waals surface area contributed by atoms with Gasteiger partial charge in [-0.25, -0.2) is 0 Å². The van der Waals surface area contributed by atoms with Gasteiger partial charge in [-0.3, -0.25) is 4.90 Å². The van der Waals surface area contributed by atoms with Gasteiger partial charge in [0.25, 0.3) is 0 Å². The minimum absolute atomic E-state index is 0.913. The highest BCUT2D eigenvalue weighted by molar-refractivity contribution is 4.95. The summed E-state index contributed by atoms with van der Waals surface area (Å²) in [5.41, 5.74) is 0. The Labute approximate surface area is 92.8 Å². The zero-order valence-corrected chi connectivity index (χ0v) is 9.78. The fourth-order valence-electron chi connectivity index (χ4n) is 3.62. The third kappa shape index (κ3) is 1.93. The predicted octanol–water partition coefficient (Wildman–Crippen LogP) is 0.232. The molecule has 1 unspecified atom stereocenters. The molecule has 2 heterocycles. The highest BCUT2D eigenvalue weighted by Crippen LogP contribution is 2.37. The first-order chi connectivity index (χ1) is 7.33. The van der Waals surface area contributed by atoms with Crippen LogP contribution in [0.3, 0.4) is 0 Å². The summed E-state index contributed by atoms with van der Waals surface area (Å²) in [4.78, 5) is 5.20. The Morgan fingerprint density at radius 3 is 2.13 bits per heavy atom. The number of hydrogen-bond donors (Lipinski definition) is 1. The van der Waals surface area contributed by atoms with Gasteiger partial charge in [0.2, 0.25) is 0 Å². The lowest BCUT2D eigenvalue weighted by molar-refractivity contribution is 0.110. The van der Waals surface area contributed by atoms with Gasteiger partial charge in [0, 0.05) is 32.2 Å². The maximum Gasteiger partial charge on any atom is 0.0113 e. The molecule has 3 fully saturated rings. The molecule has 3 aliphatic rings. The van der Waals surface area contributed by atoms with Gasteiger partial charge in [-0.15, -0.1) is 0 Å². The molecule has 2 saturated heterocycles. The Morgan fingerprint density at radius 2 is 1.53 bits per heavy atom. The van der Waals surface area contributed by atoms with Crippen LogP contribution >= 0.6 is 0 Å². The summed E-state index contributed by atoms with van der Waals surface area (Å²) >= 11 is 0. The zero-order chi connectivity index (χ0) is 10.3. The van der Waals surface area contributed by atoms with Crippen LogP contribution in [0, 0.1) is 11.8 Å². The highest BCUT2D eigenvalue weighted by Gasteiger charge is 2.39. The lowest BCUT2D eigenvalue weighted by Crippen LogP contribution is -2.48. The van der Waals surface area contributed by atoms with Crippen molar-refractivity contribution in [1.82, 2.24) is 15.1 Å². The third-order valence-corrected chi connectivity index (χ3v) is 4.68. The van der Waals surface area contributed by atoms with E-state index in [2.05, 4.69) is 22.2 Å². The molecule has 0 amide bonds. The van der Waals surface area contributed by atoms with Gasteiger partial charge in [0.1, 0.15) is 0 Å². The number of fused-ring (bicyclic) bond motifs is 1. The minimum atomic E-state index is 0.913. The molecule has 1 saturated carbocycles. The lowest BCUT2D eigenvalue weighted by atomic mass is 10.0. The van der Waals surface area contributed by atoms with E-state index in [1.54, 1.807) is 0 Å². The second kappa shape index (κ2) is 4.04. The van der Waals surface area contributed by atoms with Crippen LogP contribution in [0.4, 0.5) is 0 Å². The molecule has 0 aromatic rings. The third-order valence-electron chi connectivity index (χ3n) is 4.68. The van der Waals surface area contributed by atoms with Crippen LogP contribution in [0.15, 0.2) is 0 Å². The van der Waals surface area contributed by atoms with Crippen molar-refractivity contribution in [3.63, 3.8) is 0 Å². The summed E-state index contributed by atoms with van der Waals surface area (Å²) in [6, 6.07) is 0.913. The van der Waals surface area contributed by atoms with Crippen molar-refractivity contribution in [2.75, 3.05) is 46.3 Å². The maximum absolute atomic E-state index is 3.53. The molecule has 3 heteroatoms. The van der Waals surface area contributed by atoms with Gasteiger partial charge >= 0.3 is 0 Å². The molecule has 1 N–H and O–H groups in total. The summed E-state index contributed by atoms with van der Waals surface area (Å²) in [6.45, 7) is 7.71. The van der Waals surface area contributed by atoms with Crippen molar-refractivity contribution in [3.05, 3.63) is 0 Å². The Hall–Kier alpha value is -0.120. The Bertz CT molecular complexity index is 211. The van der Waals surface area contributed by atoms with E-state index in [0.717, 1.165) is 17.9 Å². The van der Waals surface area contributed by atoms with Gasteiger partial charge in [-0.2, -0.15) is 0 Å². The van der Waals surface area contributed by atoms with Crippen LogP contribution in [-0.4, -0.2) is 62.2 Å². The van der Waals surface area contributed by atoms with E-state index < -0.39 is 0 Å². The molecule has 0 aromatic heterocycles. The van der Waals surface area contributed by atoms with Crippen LogP contribution in [-0.2, 0) is 0 Å². The molecule has 0 spiro atoms. The molecular formula is C12H23N3. The van der Waals surface area contributed by atoms with Crippen molar-refractivity contribution >= 4 is 0 Å². The quantitative estimate of drug-likeness (QED) is 0.667. The molecule has 3 atom stereocenters. The van der Waals surface area contributed by atoms with Crippen molar-refractivity contribution in [1.29, 1.82) is 0 Å². The lowest BCUT2D eigenvalue weighted by Gasteiger charge is -2.36. The average molecular weight is 209 g/mol. The molecular weight excluding hydrogens is 186 g/mol. The Balaban J connectivity index is 1.56. The normalized spacial score (nSPS) is 43.4. The number of hydrogen-bond acceptors (Lipinski definition) is 3. The van der Waals surface area contributed by atoms with E-state index in [1.807, 2.05) is 0 Å². The summed E-state index contributed by atoms with van der Waals surface area (Å²) < 4.78 is 0. The van der Waals surface area contributed by atoms with Crippen LogP contribution in [0.2, 0.25) is 0 Å². The van der Waals surface area contributed by atoms with Gasteiger partial charge in [-0.05, 0) is 44.8 Å². The van der Waals surface area contributed by atoms with E-state index in [0.29, 0.717) is 0 Å². The maximum atomic E-state index is 3.53. The monoisotopic (exact) mass is 209 g/mol. The summed E-state index contributed by atoms with van der Waals surface area (Å²) in [7, 11) is 2.24. The van der Waals surface area contributed by atoms with Crippen LogP contribution in [0.1, 0.15) is 12.8 Å². The standard InChI is InChI=1S/C12H23N3/c1-14-2-4-15(5-3-14)12-6-10-8-13-9-11(10)7-12/h10-13H,2-9H2,1H3/t10-,11+,12?. The Morgan fingerprint density at radius 1 is 0.933 bits per heavy atom. The number of nitrogens with one attached hydrogen (secondary N) is 1. The first kappa shape index (κ1) is 10.1. The summed E-state index contributed by atoms with van der Waals surface area (Å²) in [6.07, 6.45) is 2.92. The van der Waals surface area contributed by atoms with E-state index in [-0.39, 0.29) is 0 Å². The number of rotatable bonds is 1. The first-order valence-corrected chi connectivity index (χ1v) is 6.46. The highest BCUT2D eigenvalue weighted by atomic mass is 15.3. The molecule has 2 aliphatic heterocycles. The fraction of sp³-hybridized carbons (Fsp3) is 1.00. The molecule has 0 bridgehead atoms. The van der Waals surface area contributed by atoms with Crippen molar-refractivity contribution in [2.45, 2.75) is 18.9 Å². The molecule has 15 heavy (non-hydrogen) atoms.